The van der Waals surface area contributed by atoms with Gasteiger partial charge >= 0.3 is 5.97 Å². The molecule has 2 heterocycles. The Hall–Kier alpha value is -3.90. The number of methoxy groups -OCH3 is 2. The molecule has 10 nitrogen and oxygen atoms in total. The summed E-state index contributed by atoms with van der Waals surface area (Å²) in [4.78, 5) is 19.7. The number of nitrogens with zero attached hydrogens (tertiary/aromatic N) is 2. The third-order valence-corrected chi connectivity index (χ3v) is 6.98. The molecule has 12 heteroatoms. The van der Waals surface area contributed by atoms with Gasteiger partial charge in [-0.1, -0.05) is 18.2 Å². The molecule has 3 N–H and O–H groups in total. The summed E-state index contributed by atoms with van der Waals surface area (Å²) in [6, 6.07) is 13.3. The molecular formula is C21H18N4O6S2. The smallest absolute Gasteiger partial charge is 0.347 e. The van der Waals surface area contributed by atoms with Crippen LogP contribution in [0.2, 0.25) is 0 Å². The molecule has 0 radical (unpaired) electrons. The fourth-order valence-electron chi connectivity index (χ4n) is 3.12. The lowest BCUT2D eigenvalue weighted by atomic mass is 10.2. The summed E-state index contributed by atoms with van der Waals surface area (Å²) in [6.07, 6.45) is 0. The molecule has 0 unspecified atom stereocenters. The lowest BCUT2D eigenvalue weighted by Gasteiger charge is -2.16. The van der Waals surface area contributed by atoms with Crippen LogP contribution in [0.1, 0.15) is 9.67 Å². The van der Waals surface area contributed by atoms with Gasteiger partial charge in [0.25, 0.3) is 10.0 Å². The highest BCUT2D eigenvalue weighted by Gasteiger charge is 2.26. The van der Waals surface area contributed by atoms with E-state index in [4.69, 9.17) is 9.47 Å². The van der Waals surface area contributed by atoms with Crippen molar-refractivity contribution >= 4 is 55.7 Å². The first kappa shape index (κ1) is 22.3. The summed E-state index contributed by atoms with van der Waals surface area (Å²) in [5.41, 5.74) is 1.43. The van der Waals surface area contributed by atoms with E-state index in [1.165, 1.54) is 25.7 Å². The predicted octanol–water partition coefficient (Wildman–Crippen LogP) is 3.95. The van der Waals surface area contributed by atoms with Gasteiger partial charge < -0.3 is 19.9 Å². The highest BCUT2D eigenvalue weighted by molar-refractivity contribution is 7.93. The Morgan fingerprint density at radius 3 is 2.30 bits per heavy atom. The first-order valence-electron chi connectivity index (χ1n) is 9.42. The largest absolute Gasteiger partial charge is 0.493 e. The third kappa shape index (κ3) is 4.38. The Bertz CT molecular complexity index is 1450. The quantitative estimate of drug-likeness (QED) is 0.338. The monoisotopic (exact) mass is 486 g/mol. The van der Waals surface area contributed by atoms with Crippen LogP contribution in [-0.4, -0.2) is 43.7 Å². The van der Waals surface area contributed by atoms with E-state index in [2.05, 4.69) is 20.0 Å². The number of carboxylic acid groups (broad SMARTS) is 1. The topological polar surface area (TPSA) is 140 Å². The number of anilines is 3. The van der Waals surface area contributed by atoms with Crippen LogP contribution in [0.4, 0.5) is 17.3 Å². The van der Waals surface area contributed by atoms with Crippen molar-refractivity contribution < 1.29 is 27.8 Å². The molecule has 2 aromatic heterocycles. The standard InChI is InChI=1S/C21H18N4O6S2/c1-30-15-9-5-8-14(17(15)31-2)24-19-20(23-13-7-4-3-6-12(13)22-19)25-33(28,29)16-10-11-32-18(16)21(26)27/h3-11H,1-2H3,(H,22,24)(H,23,25)(H,26,27). The first-order valence-corrected chi connectivity index (χ1v) is 11.8. The summed E-state index contributed by atoms with van der Waals surface area (Å²) in [6.45, 7) is 0. The van der Waals surface area contributed by atoms with Crippen molar-refractivity contribution in [1.29, 1.82) is 0 Å². The van der Waals surface area contributed by atoms with E-state index in [0.717, 1.165) is 11.3 Å². The Morgan fingerprint density at radius 2 is 1.67 bits per heavy atom. The van der Waals surface area contributed by atoms with Crippen LogP contribution < -0.4 is 19.5 Å². The Kier molecular flexibility index (Phi) is 6.03. The fourth-order valence-corrected chi connectivity index (χ4v) is 5.39. The van der Waals surface area contributed by atoms with Crippen molar-refractivity contribution in [2.75, 3.05) is 24.3 Å². The number of thiophene rings is 1. The zero-order valence-electron chi connectivity index (χ0n) is 17.4. The van der Waals surface area contributed by atoms with Crippen LogP contribution in [0.3, 0.4) is 0 Å². The number of aromatic carboxylic acids is 1. The highest BCUT2D eigenvalue weighted by Crippen LogP contribution is 2.38. The number of fused-ring (bicyclic) bond motifs is 1. The number of hydrogen-bond donors (Lipinski definition) is 3. The number of aromatic nitrogens is 2. The minimum absolute atomic E-state index is 0.0935. The molecule has 0 aliphatic heterocycles. The molecule has 0 spiro atoms. The highest BCUT2D eigenvalue weighted by atomic mass is 32.2. The van der Waals surface area contributed by atoms with Gasteiger partial charge in [0.05, 0.1) is 30.9 Å². The van der Waals surface area contributed by atoms with E-state index in [-0.39, 0.29) is 21.4 Å². The molecule has 170 valence electrons. The van der Waals surface area contributed by atoms with E-state index in [9.17, 15) is 18.3 Å². The lowest BCUT2D eigenvalue weighted by Crippen LogP contribution is -2.17. The number of ether oxygens (including phenoxy) is 2. The summed E-state index contributed by atoms with van der Waals surface area (Å²) in [5, 5.41) is 13.8. The van der Waals surface area contributed by atoms with Crippen molar-refractivity contribution in [1.82, 2.24) is 9.97 Å². The van der Waals surface area contributed by atoms with E-state index in [0.29, 0.717) is 28.2 Å². The maximum atomic E-state index is 13.0. The van der Waals surface area contributed by atoms with Crippen LogP contribution in [0.25, 0.3) is 11.0 Å². The summed E-state index contributed by atoms with van der Waals surface area (Å²) >= 11 is 0.813. The minimum Gasteiger partial charge on any atom is -0.493 e. The van der Waals surface area contributed by atoms with Crippen LogP contribution in [0, 0.1) is 0 Å². The van der Waals surface area contributed by atoms with Gasteiger partial charge in [0.1, 0.15) is 9.77 Å². The molecule has 0 saturated carbocycles. The second kappa shape index (κ2) is 8.92. The molecule has 4 aromatic rings. The van der Waals surface area contributed by atoms with E-state index in [1.807, 2.05) is 0 Å². The summed E-state index contributed by atoms with van der Waals surface area (Å²) in [5.74, 6) is -0.510. The van der Waals surface area contributed by atoms with Crippen LogP contribution in [-0.2, 0) is 10.0 Å². The molecule has 0 amide bonds. The van der Waals surface area contributed by atoms with Gasteiger partial charge in [-0.3, -0.25) is 4.72 Å². The Balaban J connectivity index is 1.83. The molecule has 33 heavy (non-hydrogen) atoms. The van der Waals surface area contributed by atoms with Gasteiger partial charge in [-0.05, 0) is 35.7 Å². The van der Waals surface area contributed by atoms with Crippen molar-refractivity contribution in [3.05, 3.63) is 58.8 Å². The number of carbonyl (C=O) groups is 1. The SMILES string of the molecule is COc1cccc(Nc2nc3ccccc3nc2NS(=O)(=O)c2ccsc2C(=O)O)c1OC. The molecule has 0 atom stereocenters. The minimum atomic E-state index is -4.28. The first-order chi connectivity index (χ1) is 15.8. The van der Waals surface area contributed by atoms with E-state index >= 15 is 0 Å². The van der Waals surface area contributed by atoms with Gasteiger partial charge in [0.15, 0.2) is 23.1 Å². The van der Waals surface area contributed by atoms with Crippen LogP contribution >= 0.6 is 11.3 Å². The van der Waals surface area contributed by atoms with Gasteiger partial charge in [-0.2, -0.15) is 0 Å². The van der Waals surface area contributed by atoms with Gasteiger partial charge in [-0.25, -0.2) is 23.2 Å². The van der Waals surface area contributed by atoms with Crippen molar-refractivity contribution in [2.45, 2.75) is 4.90 Å². The van der Waals surface area contributed by atoms with Gasteiger partial charge in [0, 0.05) is 0 Å². The number of benzene rings is 2. The molecule has 0 saturated heterocycles. The fraction of sp³-hybridized carbons (Fsp3) is 0.0952. The molecular weight excluding hydrogens is 468 g/mol. The molecule has 0 aliphatic carbocycles. The van der Waals surface area contributed by atoms with Crippen LogP contribution in [0.5, 0.6) is 11.5 Å². The number of rotatable bonds is 8. The lowest BCUT2D eigenvalue weighted by molar-refractivity contribution is 0.0698. The molecule has 0 aliphatic rings. The molecule has 4 rings (SSSR count). The second-order valence-electron chi connectivity index (χ2n) is 6.60. The van der Waals surface area contributed by atoms with E-state index < -0.39 is 16.0 Å². The molecule has 0 bridgehead atoms. The van der Waals surface area contributed by atoms with Gasteiger partial charge in [0.2, 0.25) is 0 Å². The zero-order valence-corrected chi connectivity index (χ0v) is 19.0. The van der Waals surface area contributed by atoms with E-state index in [1.54, 1.807) is 42.5 Å². The normalized spacial score (nSPS) is 11.2. The second-order valence-corrected chi connectivity index (χ2v) is 9.17. The Labute approximate surface area is 192 Å². The van der Waals surface area contributed by atoms with Gasteiger partial charge in [-0.15, -0.1) is 11.3 Å². The van der Waals surface area contributed by atoms with Crippen LogP contribution in [0.15, 0.2) is 58.8 Å². The van der Waals surface area contributed by atoms with Crippen molar-refractivity contribution in [3.8, 4) is 11.5 Å². The maximum absolute atomic E-state index is 13.0. The third-order valence-electron chi connectivity index (χ3n) is 4.57. The van der Waals surface area contributed by atoms with Crippen molar-refractivity contribution in [2.24, 2.45) is 0 Å². The number of sulfonamides is 1. The average molecular weight is 487 g/mol. The molecule has 0 fully saturated rings. The van der Waals surface area contributed by atoms with Crippen molar-refractivity contribution in [3.63, 3.8) is 0 Å². The zero-order chi connectivity index (χ0) is 23.6. The molecule has 2 aromatic carbocycles. The number of para-hydroxylation sites is 3. The number of carboxylic acids is 1. The number of nitrogens with one attached hydrogen (secondary N) is 2. The number of hydrogen-bond acceptors (Lipinski definition) is 9. The average Bonchev–Trinajstić information content (AvgIpc) is 3.30. The summed E-state index contributed by atoms with van der Waals surface area (Å²) < 4.78 is 39.2. The Morgan fingerprint density at radius 1 is 0.970 bits per heavy atom. The summed E-state index contributed by atoms with van der Waals surface area (Å²) in [7, 11) is -1.30. The predicted molar refractivity (Wildman–Crippen MR) is 124 cm³/mol. The maximum Gasteiger partial charge on any atom is 0.347 e.